The van der Waals surface area contributed by atoms with Gasteiger partial charge in [0.2, 0.25) is 0 Å². The highest BCUT2D eigenvalue weighted by atomic mass is 16.5. The van der Waals surface area contributed by atoms with Crippen LogP contribution in [0.15, 0.2) is 34.7 Å². The van der Waals surface area contributed by atoms with Gasteiger partial charge in [0, 0.05) is 17.7 Å². The molecule has 4 heteroatoms. The third kappa shape index (κ3) is 3.79. The van der Waals surface area contributed by atoms with E-state index in [0.717, 1.165) is 35.1 Å². The van der Waals surface area contributed by atoms with Crippen molar-refractivity contribution in [3.63, 3.8) is 0 Å². The average molecular weight is 287 g/mol. The van der Waals surface area contributed by atoms with Crippen LogP contribution in [0.25, 0.3) is 0 Å². The molecule has 0 bridgehead atoms. The van der Waals surface area contributed by atoms with Crippen molar-refractivity contribution in [1.82, 2.24) is 5.32 Å². The molecule has 1 aliphatic rings. The molecule has 0 radical (unpaired) electrons. The highest BCUT2D eigenvalue weighted by molar-refractivity contribution is 5.33. The summed E-state index contributed by atoms with van der Waals surface area (Å²) in [7, 11) is 1.65. The maximum atomic E-state index is 5.81. The Balaban J connectivity index is 1.58. The van der Waals surface area contributed by atoms with Gasteiger partial charge in [-0.3, -0.25) is 0 Å². The van der Waals surface area contributed by atoms with Crippen LogP contribution < -0.4 is 14.8 Å². The van der Waals surface area contributed by atoms with E-state index in [-0.39, 0.29) is 0 Å². The van der Waals surface area contributed by atoms with E-state index in [0.29, 0.717) is 12.6 Å². The Bertz CT molecular complexity index is 602. The van der Waals surface area contributed by atoms with Gasteiger partial charge < -0.3 is 19.2 Å². The van der Waals surface area contributed by atoms with Crippen molar-refractivity contribution in [1.29, 1.82) is 0 Å². The van der Waals surface area contributed by atoms with Crippen LogP contribution in [0, 0.1) is 6.92 Å². The van der Waals surface area contributed by atoms with Crippen molar-refractivity contribution in [2.75, 3.05) is 7.11 Å². The molecule has 3 rings (SSSR count). The van der Waals surface area contributed by atoms with Crippen molar-refractivity contribution in [3.05, 3.63) is 47.4 Å². The molecule has 0 saturated heterocycles. The van der Waals surface area contributed by atoms with Crippen LogP contribution in [-0.2, 0) is 13.2 Å². The van der Waals surface area contributed by atoms with Gasteiger partial charge in [0.25, 0.3) is 0 Å². The van der Waals surface area contributed by atoms with Crippen molar-refractivity contribution >= 4 is 0 Å². The van der Waals surface area contributed by atoms with E-state index in [2.05, 4.69) is 11.4 Å². The van der Waals surface area contributed by atoms with Gasteiger partial charge in [-0.2, -0.15) is 0 Å². The third-order valence-corrected chi connectivity index (χ3v) is 3.65. The first-order valence-corrected chi connectivity index (χ1v) is 7.33. The molecule has 21 heavy (non-hydrogen) atoms. The number of aryl methyl sites for hydroxylation is 1. The lowest BCUT2D eigenvalue weighted by Crippen LogP contribution is -2.14. The van der Waals surface area contributed by atoms with Gasteiger partial charge in [-0.05, 0) is 38.0 Å². The highest BCUT2D eigenvalue weighted by Gasteiger charge is 2.20. The maximum Gasteiger partial charge on any atom is 0.123 e. The summed E-state index contributed by atoms with van der Waals surface area (Å²) < 4.78 is 16.8. The Kier molecular flexibility index (Phi) is 4.15. The Morgan fingerprint density at radius 2 is 2.05 bits per heavy atom. The topological polar surface area (TPSA) is 43.6 Å². The first-order valence-electron chi connectivity index (χ1n) is 7.33. The van der Waals surface area contributed by atoms with E-state index in [1.807, 2.05) is 31.2 Å². The molecule has 2 aromatic rings. The molecule has 1 fully saturated rings. The predicted molar refractivity (Wildman–Crippen MR) is 80.6 cm³/mol. The molecule has 0 unspecified atom stereocenters. The second-order valence-electron chi connectivity index (χ2n) is 5.42. The number of methoxy groups -OCH3 is 1. The predicted octanol–water partition coefficient (Wildman–Crippen LogP) is 3.43. The Morgan fingerprint density at radius 1 is 1.24 bits per heavy atom. The molecule has 0 atom stereocenters. The zero-order valence-corrected chi connectivity index (χ0v) is 12.5. The average Bonchev–Trinajstić information content (AvgIpc) is 3.27. The molecule has 1 aromatic carbocycles. The molecule has 0 aliphatic heterocycles. The van der Waals surface area contributed by atoms with Crippen molar-refractivity contribution < 1.29 is 13.9 Å². The van der Waals surface area contributed by atoms with Gasteiger partial charge in [-0.1, -0.05) is 6.07 Å². The van der Waals surface area contributed by atoms with Gasteiger partial charge >= 0.3 is 0 Å². The van der Waals surface area contributed by atoms with E-state index < -0.39 is 0 Å². The summed E-state index contributed by atoms with van der Waals surface area (Å²) in [5, 5.41) is 3.45. The number of rotatable bonds is 7. The third-order valence-electron chi connectivity index (χ3n) is 3.65. The number of hydrogen-bond donors (Lipinski definition) is 1. The summed E-state index contributed by atoms with van der Waals surface area (Å²) in [5.41, 5.74) is 1.09. The normalized spacial score (nSPS) is 14.2. The molecule has 1 heterocycles. The SMILES string of the molecule is COc1cccc(OCc2cc(CNC3CC3)oc2C)c1. The lowest BCUT2D eigenvalue weighted by molar-refractivity contribution is 0.300. The second kappa shape index (κ2) is 6.22. The smallest absolute Gasteiger partial charge is 0.123 e. The minimum atomic E-state index is 0.506. The fraction of sp³-hybridized carbons (Fsp3) is 0.412. The van der Waals surface area contributed by atoms with Crippen LogP contribution in [0.1, 0.15) is 29.9 Å². The molecular formula is C17H21NO3. The van der Waals surface area contributed by atoms with E-state index in [9.17, 15) is 0 Å². The summed E-state index contributed by atoms with van der Waals surface area (Å²) in [6.07, 6.45) is 2.57. The fourth-order valence-corrected chi connectivity index (χ4v) is 2.20. The molecular weight excluding hydrogens is 266 g/mol. The van der Waals surface area contributed by atoms with Crippen LogP contribution >= 0.6 is 0 Å². The molecule has 4 nitrogen and oxygen atoms in total. The maximum absolute atomic E-state index is 5.81. The van der Waals surface area contributed by atoms with Crippen LogP contribution in [-0.4, -0.2) is 13.2 Å². The molecule has 0 spiro atoms. The molecule has 1 aromatic heterocycles. The van der Waals surface area contributed by atoms with E-state index in [1.165, 1.54) is 12.8 Å². The van der Waals surface area contributed by atoms with Crippen molar-refractivity contribution in [2.24, 2.45) is 0 Å². The molecule has 1 saturated carbocycles. The van der Waals surface area contributed by atoms with Crippen molar-refractivity contribution in [3.8, 4) is 11.5 Å². The van der Waals surface area contributed by atoms with Crippen LogP contribution in [0.3, 0.4) is 0 Å². The standard InChI is InChI=1S/C17H21NO3/c1-12-13(8-17(21-12)10-18-14-6-7-14)11-20-16-5-3-4-15(9-16)19-2/h3-5,8-9,14,18H,6-7,10-11H2,1-2H3. The molecule has 0 amide bonds. The molecule has 1 N–H and O–H groups in total. The summed E-state index contributed by atoms with van der Waals surface area (Å²) >= 11 is 0. The zero-order chi connectivity index (χ0) is 14.7. The van der Waals surface area contributed by atoms with E-state index in [4.69, 9.17) is 13.9 Å². The monoisotopic (exact) mass is 287 g/mol. The molecule has 1 aliphatic carbocycles. The minimum absolute atomic E-state index is 0.506. The largest absolute Gasteiger partial charge is 0.497 e. The van der Waals surface area contributed by atoms with Gasteiger partial charge in [0.1, 0.15) is 29.6 Å². The van der Waals surface area contributed by atoms with Gasteiger partial charge in [-0.25, -0.2) is 0 Å². The van der Waals surface area contributed by atoms with Gasteiger partial charge in [0.05, 0.1) is 13.7 Å². The number of nitrogens with one attached hydrogen (secondary N) is 1. The summed E-state index contributed by atoms with van der Waals surface area (Å²) in [4.78, 5) is 0. The number of benzene rings is 1. The Hall–Kier alpha value is -1.94. The van der Waals surface area contributed by atoms with E-state index in [1.54, 1.807) is 7.11 Å². The second-order valence-corrected chi connectivity index (χ2v) is 5.42. The number of hydrogen-bond acceptors (Lipinski definition) is 4. The van der Waals surface area contributed by atoms with Crippen molar-refractivity contribution in [2.45, 2.75) is 39.0 Å². The Morgan fingerprint density at radius 3 is 2.81 bits per heavy atom. The first kappa shape index (κ1) is 14.0. The molecule has 112 valence electrons. The quantitative estimate of drug-likeness (QED) is 0.847. The van der Waals surface area contributed by atoms with Crippen LogP contribution in [0.4, 0.5) is 0 Å². The number of ether oxygens (including phenoxy) is 2. The lowest BCUT2D eigenvalue weighted by atomic mass is 10.2. The van der Waals surface area contributed by atoms with Crippen LogP contribution in [0.2, 0.25) is 0 Å². The van der Waals surface area contributed by atoms with Gasteiger partial charge in [0.15, 0.2) is 0 Å². The fourth-order valence-electron chi connectivity index (χ4n) is 2.20. The summed E-state index contributed by atoms with van der Waals surface area (Å²) in [6, 6.07) is 10.4. The van der Waals surface area contributed by atoms with Crippen LogP contribution in [0.5, 0.6) is 11.5 Å². The minimum Gasteiger partial charge on any atom is -0.497 e. The lowest BCUT2D eigenvalue weighted by Gasteiger charge is -2.06. The summed E-state index contributed by atoms with van der Waals surface area (Å²) in [5.74, 6) is 3.49. The summed E-state index contributed by atoms with van der Waals surface area (Å²) in [6.45, 7) is 3.28. The van der Waals surface area contributed by atoms with E-state index >= 15 is 0 Å². The zero-order valence-electron chi connectivity index (χ0n) is 12.5. The highest BCUT2D eigenvalue weighted by Crippen LogP contribution is 2.23. The first-order chi connectivity index (χ1) is 10.2. The Labute approximate surface area is 125 Å². The van der Waals surface area contributed by atoms with Gasteiger partial charge in [-0.15, -0.1) is 0 Å². The number of furan rings is 1.